The molecule has 0 bridgehead atoms. The zero-order valence-electron chi connectivity index (χ0n) is 9.13. The van der Waals surface area contributed by atoms with Gasteiger partial charge in [-0.25, -0.2) is 0 Å². The minimum absolute atomic E-state index is 0. The van der Waals surface area contributed by atoms with Crippen LogP contribution in [0.25, 0.3) is 6.08 Å². The maximum Gasteiger partial charge on any atom is -0.147 e. The maximum atomic E-state index is 2.34. The minimum Gasteiger partial charge on any atom is -0.147 e. The van der Waals surface area contributed by atoms with Gasteiger partial charge in [-0.1, -0.05) is 0 Å². The van der Waals surface area contributed by atoms with Crippen LogP contribution >= 0.6 is 24.8 Å². The standard InChI is InChI=1S/C12H13.2ClH.Zr/c1-8-6-10(3)12-9(2)4-5-11(12)7-8;;;/h4-7H,1-3H3;2*1H;. The van der Waals surface area contributed by atoms with Crippen molar-refractivity contribution in [2.45, 2.75) is 23.9 Å². The minimum atomic E-state index is 0. The van der Waals surface area contributed by atoms with Crippen molar-refractivity contribution in [2.75, 3.05) is 0 Å². The van der Waals surface area contributed by atoms with E-state index in [1.54, 1.807) is 24.7 Å². The first-order valence-electron chi connectivity index (χ1n) is 4.57. The zero-order chi connectivity index (χ0) is 9.64. The summed E-state index contributed by atoms with van der Waals surface area (Å²) in [4.78, 5) is 0. The van der Waals surface area contributed by atoms with E-state index in [1.807, 2.05) is 0 Å². The molecule has 0 saturated heterocycles. The van der Waals surface area contributed by atoms with Gasteiger partial charge in [0.25, 0.3) is 0 Å². The normalized spacial score (nSPS) is 21.5. The number of benzene rings is 1. The molecule has 2 rings (SSSR count). The summed E-state index contributed by atoms with van der Waals surface area (Å²) in [5.41, 5.74) is 5.78. The third-order valence-electron chi connectivity index (χ3n) is 2.63. The first-order chi connectivity index (χ1) is 6.00. The van der Waals surface area contributed by atoms with Crippen molar-refractivity contribution in [1.82, 2.24) is 0 Å². The second-order valence-corrected chi connectivity index (χ2v) is 6.63. The van der Waals surface area contributed by atoms with Crippen molar-refractivity contribution >= 4 is 30.9 Å². The van der Waals surface area contributed by atoms with Gasteiger partial charge in [0.05, 0.1) is 0 Å². The predicted molar refractivity (Wildman–Crippen MR) is 66.8 cm³/mol. The van der Waals surface area contributed by atoms with Crippen molar-refractivity contribution in [1.29, 1.82) is 0 Å². The summed E-state index contributed by atoms with van der Waals surface area (Å²) in [7, 11) is 0. The largest absolute Gasteiger partial charge is 0.147 e. The van der Waals surface area contributed by atoms with E-state index in [-0.39, 0.29) is 24.8 Å². The molecule has 0 aromatic heterocycles. The molecule has 81 valence electrons. The van der Waals surface area contributed by atoms with Gasteiger partial charge in [-0.2, -0.15) is 0 Å². The van der Waals surface area contributed by atoms with E-state index in [4.69, 9.17) is 0 Å². The molecule has 0 radical (unpaired) electrons. The molecular weight excluding hydrogens is 306 g/mol. The maximum absolute atomic E-state index is 2.34. The van der Waals surface area contributed by atoms with Crippen LogP contribution in [0.4, 0.5) is 0 Å². The van der Waals surface area contributed by atoms with Crippen molar-refractivity contribution < 1.29 is 24.7 Å². The molecule has 1 aromatic carbocycles. The summed E-state index contributed by atoms with van der Waals surface area (Å²) in [6.07, 6.45) is 4.60. The van der Waals surface area contributed by atoms with Gasteiger partial charge in [0.15, 0.2) is 0 Å². The number of hydrogen-bond acceptors (Lipinski definition) is 0. The van der Waals surface area contributed by atoms with E-state index in [1.165, 1.54) is 22.3 Å². The van der Waals surface area contributed by atoms with E-state index < -0.39 is 0 Å². The molecule has 0 N–H and O–H groups in total. The average molecular weight is 321 g/mol. The molecule has 1 atom stereocenters. The summed E-state index contributed by atoms with van der Waals surface area (Å²) in [5.74, 6) is 0. The molecule has 3 heteroatoms. The van der Waals surface area contributed by atoms with Gasteiger partial charge in [-0.3, -0.25) is 0 Å². The third kappa shape index (κ3) is 2.76. The van der Waals surface area contributed by atoms with Crippen LogP contribution < -0.4 is 0 Å². The van der Waals surface area contributed by atoms with E-state index in [0.29, 0.717) is 3.12 Å². The van der Waals surface area contributed by atoms with Crippen LogP contribution in [0, 0.1) is 13.8 Å². The van der Waals surface area contributed by atoms with Crippen LogP contribution in [-0.4, -0.2) is 0 Å². The predicted octanol–water partition coefficient (Wildman–Crippen LogP) is 3.94. The van der Waals surface area contributed by atoms with Gasteiger partial charge in [-0.15, -0.1) is 24.8 Å². The van der Waals surface area contributed by atoms with Gasteiger partial charge in [-0.05, 0) is 0 Å². The molecule has 15 heavy (non-hydrogen) atoms. The number of aryl methyl sites for hydroxylation is 2. The summed E-state index contributed by atoms with van der Waals surface area (Å²) in [6.45, 7) is 6.71. The van der Waals surface area contributed by atoms with E-state index in [2.05, 4.69) is 45.1 Å². The Morgan fingerprint density at radius 2 is 1.73 bits per heavy atom. The molecule has 0 aliphatic heterocycles. The van der Waals surface area contributed by atoms with E-state index in [9.17, 15) is 0 Å². The number of allylic oxidation sites excluding steroid dienone is 1. The molecule has 0 fully saturated rings. The van der Waals surface area contributed by atoms with E-state index in [0.717, 1.165) is 0 Å². The Kier molecular flexibility index (Phi) is 5.31. The average Bonchev–Trinajstić information content (AvgIpc) is 2.26. The zero-order valence-corrected chi connectivity index (χ0v) is 13.2. The number of fused-ring (bicyclic) bond motifs is 1. The van der Waals surface area contributed by atoms with Gasteiger partial charge in [0.2, 0.25) is 0 Å². The number of rotatable bonds is 0. The second-order valence-electron chi connectivity index (χ2n) is 4.08. The number of hydrogen-bond donors (Lipinski definition) is 0. The summed E-state index contributed by atoms with van der Waals surface area (Å²) in [5, 5.41) is 0. The fourth-order valence-electron chi connectivity index (χ4n) is 2.18. The molecule has 1 aromatic rings. The SMILES string of the molecule is Cc1cc(C)c2c(c1)C=C[C]2(C)[Zr].Cl.Cl. The van der Waals surface area contributed by atoms with Crippen LogP contribution in [0.5, 0.6) is 0 Å². The fourth-order valence-corrected chi connectivity index (χ4v) is 3.23. The fraction of sp³-hybridized carbons (Fsp3) is 0.333. The Labute approximate surface area is 119 Å². The van der Waals surface area contributed by atoms with Gasteiger partial charge < -0.3 is 0 Å². The quantitative estimate of drug-likeness (QED) is 0.679. The Hall–Kier alpha value is 0.423. The van der Waals surface area contributed by atoms with Crippen LogP contribution in [-0.2, 0) is 27.8 Å². The van der Waals surface area contributed by atoms with Crippen LogP contribution in [0.1, 0.15) is 29.2 Å². The number of halogens is 2. The van der Waals surface area contributed by atoms with Crippen molar-refractivity contribution in [3.63, 3.8) is 0 Å². The molecule has 0 amide bonds. The van der Waals surface area contributed by atoms with Gasteiger partial charge >= 0.3 is 95.2 Å². The van der Waals surface area contributed by atoms with Crippen LogP contribution in [0.15, 0.2) is 18.2 Å². The first-order valence-corrected chi connectivity index (χ1v) is 5.79. The summed E-state index contributed by atoms with van der Waals surface area (Å²) >= 11 is 1.58. The van der Waals surface area contributed by atoms with Crippen LogP contribution in [0.3, 0.4) is 0 Å². The molecule has 1 aliphatic carbocycles. The Morgan fingerprint density at radius 1 is 1.13 bits per heavy atom. The molecule has 1 aliphatic rings. The van der Waals surface area contributed by atoms with Gasteiger partial charge in [0.1, 0.15) is 0 Å². The first kappa shape index (κ1) is 15.4. The van der Waals surface area contributed by atoms with Crippen molar-refractivity contribution in [2.24, 2.45) is 0 Å². The van der Waals surface area contributed by atoms with Gasteiger partial charge in [0, 0.05) is 0 Å². The molecule has 0 nitrogen and oxygen atoms in total. The molecule has 0 spiro atoms. The molecule has 0 heterocycles. The topological polar surface area (TPSA) is 0 Å². The Bertz CT molecular complexity index is 395. The Balaban J connectivity index is 0.000000980. The third-order valence-corrected chi connectivity index (χ3v) is 3.65. The summed E-state index contributed by atoms with van der Waals surface area (Å²) in [6, 6.07) is 4.57. The van der Waals surface area contributed by atoms with Crippen molar-refractivity contribution in [3.8, 4) is 0 Å². The smallest absolute Gasteiger partial charge is 0.147 e. The molecule has 1 unspecified atom stereocenters. The van der Waals surface area contributed by atoms with E-state index >= 15 is 0 Å². The summed E-state index contributed by atoms with van der Waals surface area (Å²) < 4.78 is 0.319. The molecule has 0 saturated carbocycles. The molecular formula is C12H15Cl2Zr. The van der Waals surface area contributed by atoms with Crippen LogP contribution in [0.2, 0.25) is 0 Å². The Morgan fingerprint density at radius 3 is 2.33 bits per heavy atom. The second kappa shape index (κ2) is 5.17. The van der Waals surface area contributed by atoms with Crippen molar-refractivity contribution in [3.05, 3.63) is 40.5 Å². The monoisotopic (exact) mass is 319 g/mol.